The summed E-state index contributed by atoms with van der Waals surface area (Å²) in [5, 5.41) is 0. The van der Waals surface area contributed by atoms with Crippen LogP contribution in [0.1, 0.15) is 30.9 Å². The first-order chi connectivity index (χ1) is 13.0. The van der Waals surface area contributed by atoms with Crippen molar-refractivity contribution >= 4 is 10.1 Å². The summed E-state index contributed by atoms with van der Waals surface area (Å²) in [5.41, 5.74) is 2.00. The molecule has 6 heteroatoms. The Morgan fingerprint density at radius 3 is 2.33 bits per heavy atom. The molecule has 1 atom stereocenters. The Labute approximate surface area is 162 Å². The predicted molar refractivity (Wildman–Crippen MR) is 105 cm³/mol. The van der Waals surface area contributed by atoms with Gasteiger partial charge in [-0.05, 0) is 31.0 Å². The van der Waals surface area contributed by atoms with Gasteiger partial charge in [-0.3, -0.25) is 4.18 Å². The molecule has 0 heterocycles. The average molecular weight is 393 g/mol. The molecule has 0 saturated heterocycles. The summed E-state index contributed by atoms with van der Waals surface area (Å²) >= 11 is 0. The Bertz CT molecular complexity index is 757. The van der Waals surface area contributed by atoms with Crippen LogP contribution in [0.3, 0.4) is 0 Å². The van der Waals surface area contributed by atoms with E-state index in [0.717, 1.165) is 24.0 Å². The summed E-state index contributed by atoms with van der Waals surface area (Å²) in [6.07, 6.45) is 1.52. The number of hydrogen-bond acceptors (Lipinski definition) is 5. The van der Waals surface area contributed by atoms with E-state index in [0.29, 0.717) is 13.2 Å². The predicted octanol–water partition coefficient (Wildman–Crippen LogP) is 4.10. The SMILES string of the molecule is CCCCOC[C@@H](COS(=O)(=O)c1ccc(C)cc1)OCc1ccccc1. The zero-order valence-corrected chi connectivity index (χ0v) is 16.8. The van der Waals surface area contributed by atoms with Gasteiger partial charge in [0.25, 0.3) is 10.1 Å². The summed E-state index contributed by atoms with van der Waals surface area (Å²) < 4.78 is 41.4. The molecule has 2 aromatic carbocycles. The van der Waals surface area contributed by atoms with Crippen LogP contribution < -0.4 is 0 Å². The molecule has 0 unspecified atom stereocenters. The van der Waals surface area contributed by atoms with Crippen molar-refractivity contribution in [2.45, 2.75) is 44.3 Å². The minimum atomic E-state index is -3.83. The molecule has 0 saturated carbocycles. The monoisotopic (exact) mass is 392 g/mol. The highest BCUT2D eigenvalue weighted by Crippen LogP contribution is 2.14. The lowest BCUT2D eigenvalue weighted by atomic mass is 10.2. The molecule has 0 spiro atoms. The van der Waals surface area contributed by atoms with Gasteiger partial charge >= 0.3 is 0 Å². The van der Waals surface area contributed by atoms with E-state index < -0.39 is 16.2 Å². The van der Waals surface area contributed by atoms with Crippen molar-refractivity contribution in [2.75, 3.05) is 19.8 Å². The van der Waals surface area contributed by atoms with E-state index >= 15 is 0 Å². The lowest BCUT2D eigenvalue weighted by molar-refractivity contribution is -0.0443. The molecule has 0 aliphatic rings. The summed E-state index contributed by atoms with van der Waals surface area (Å²) in [6, 6.07) is 16.3. The van der Waals surface area contributed by atoms with E-state index in [1.165, 1.54) is 0 Å². The molecular formula is C21H28O5S. The van der Waals surface area contributed by atoms with Crippen LogP contribution in [-0.4, -0.2) is 34.3 Å². The van der Waals surface area contributed by atoms with Crippen molar-refractivity contribution in [3.63, 3.8) is 0 Å². The number of hydrogen-bond donors (Lipinski definition) is 0. The van der Waals surface area contributed by atoms with Gasteiger partial charge in [0.05, 0.1) is 24.7 Å². The number of ether oxygens (including phenoxy) is 2. The van der Waals surface area contributed by atoms with Crippen molar-refractivity contribution in [2.24, 2.45) is 0 Å². The first-order valence-electron chi connectivity index (χ1n) is 9.20. The molecule has 2 aromatic rings. The zero-order valence-electron chi connectivity index (χ0n) is 16.0. The van der Waals surface area contributed by atoms with Crippen LogP contribution in [-0.2, 0) is 30.4 Å². The molecule has 0 bridgehead atoms. The van der Waals surface area contributed by atoms with Crippen LogP contribution in [0.15, 0.2) is 59.5 Å². The third kappa shape index (κ3) is 7.81. The van der Waals surface area contributed by atoms with Gasteiger partial charge in [0.2, 0.25) is 0 Å². The van der Waals surface area contributed by atoms with Crippen molar-refractivity contribution < 1.29 is 22.1 Å². The second-order valence-corrected chi connectivity index (χ2v) is 8.01. The van der Waals surface area contributed by atoms with Crippen LogP contribution in [0.2, 0.25) is 0 Å². The van der Waals surface area contributed by atoms with E-state index in [1.807, 2.05) is 37.3 Å². The van der Waals surface area contributed by atoms with Crippen LogP contribution in [0.5, 0.6) is 0 Å². The Balaban J connectivity index is 1.93. The summed E-state index contributed by atoms with van der Waals surface area (Å²) in [6.45, 7) is 5.18. The molecule has 0 fully saturated rings. The van der Waals surface area contributed by atoms with Crippen molar-refractivity contribution in [1.29, 1.82) is 0 Å². The fourth-order valence-electron chi connectivity index (χ4n) is 2.33. The maximum Gasteiger partial charge on any atom is 0.297 e. The molecule has 0 aliphatic heterocycles. The van der Waals surface area contributed by atoms with Crippen LogP contribution in [0.25, 0.3) is 0 Å². The van der Waals surface area contributed by atoms with Crippen LogP contribution >= 0.6 is 0 Å². The second-order valence-electron chi connectivity index (χ2n) is 6.40. The molecule has 2 rings (SSSR count). The number of benzene rings is 2. The van der Waals surface area contributed by atoms with E-state index in [9.17, 15) is 8.42 Å². The molecule has 0 amide bonds. The number of aryl methyl sites for hydroxylation is 1. The van der Waals surface area contributed by atoms with E-state index in [-0.39, 0.29) is 18.1 Å². The van der Waals surface area contributed by atoms with Gasteiger partial charge in [0.1, 0.15) is 6.10 Å². The fourth-order valence-corrected chi connectivity index (χ4v) is 3.27. The van der Waals surface area contributed by atoms with Crippen molar-refractivity contribution in [3.8, 4) is 0 Å². The van der Waals surface area contributed by atoms with E-state index in [2.05, 4.69) is 6.92 Å². The third-order valence-corrected chi connectivity index (χ3v) is 5.29. The van der Waals surface area contributed by atoms with Crippen molar-refractivity contribution in [3.05, 3.63) is 65.7 Å². The van der Waals surface area contributed by atoms with Crippen LogP contribution in [0.4, 0.5) is 0 Å². The summed E-state index contributed by atoms with van der Waals surface area (Å²) in [7, 11) is -3.83. The number of unbranched alkanes of at least 4 members (excludes halogenated alkanes) is 1. The highest BCUT2D eigenvalue weighted by molar-refractivity contribution is 7.86. The Kier molecular flexibility index (Phi) is 8.94. The normalized spacial score (nSPS) is 12.8. The molecular weight excluding hydrogens is 364 g/mol. The van der Waals surface area contributed by atoms with Crippen molar-refractivity contribution in [1.82, 2.24) is 0 Å². The second kappa shape index (κ2) is 11.2. The minimum absolute atomic E-state index is 0.0881. The largest absolute Gasteiger partial charge is 0.379 e. The van der Waals surface area contributed by atoms with Gasteiger partial charge in [-0.15, -0.1) is 0 Å². The van der Waals surface area contributed by atoms with E-state index in [1.54, 1.807) is 24.3 Å². The molecule has 0 aromatic heterocycles. The lowest BCUT2D eigenvalue weighted by Gasteiger charge is -2.18. The van der Waals surface area contributed by atoms with Crippen LogP contribution in [0, 0.1) is 6.92 Å². The van der Waals surface area contributed by atoms with Gasteiger partial charge in [0, 0.05) is 6.61 Å². The topological polar surface area (TPSA) is 61.8 Å². The molecule has 148 valence electrons. The maximum absolute atomic E-state index is 12.4. The first-order valence-corrected chi connectivity index (χ1v) is 10.6. The first kappa shape index (κ1) is 21.6. The highest BCUT2D eigenvalue weighted by atomic mass is 32.2. The van der Waals surface area contributed by atoms with Gasteiger partial charge in [0.15, 0.2) is 0 Å². The van der Waals surface area contributed by atoms with Gasteiger partial charge in [-0.2, -0.15) is 8.42 Å². The fraction of sp³-hybridized carbons (Fsp3) is 0.429. The minimum Gasteiger partial charge on any atom is -0.379 e. The molecule has 0 radical (unpaired) electrons. The van der Waals surface area contributed by atoms with Gasteiger partial charge < -0.3 is 9.47 Å². The van der Waals surface area contributed by atoms with E-state index in [4.69, 9.17) is 13.7 Å². The Morgan fingerprint density at radius 2 is 1.67 bits per heavy atom. The Hall–Kier alpha value is -1.73. The quantitative estimate of drug-likeness (QED) is 0.402. The molecule has 0 N–H and O–H groups in total. The Morgan fingerprint density at radius 1 is 0.963 bits per heavy atom. The standard InChI is InChI=1S/C21H28O5S/c1-3-4-14-24-16-20(25-15-19-8-6-5-7-9-19)17-26-27(22,23)21-12-10-18(2)11-13-21/h5-13,20H,3-4,14-17H2,1-2H3/t20-/m0/s1. The molecule has 0 aliphatic carbocycles. The molecule has 27 heavy (non-hydrogen) atoms. The lowest BCUT2D eigenvalue weighted by Crippen LogP contribution is -2.27. The van der Waals surface area contributed by atoms with Gasteiger partial charge in [-0.1, -0.05) is 61.4 Å². The number of rotatable bonds is 12. The summed E-state index contributed by atoms with van der Waals surface area (Å²) in [4.78, 5) is 0.141. The maximum atomic E-state index is 12.4. The highest BCUT2D eigenvalue weighted by Gasteiger charge is 2.19. The average Bonchev–Trinajstić information content (AvgIpc) is 2.68. The molecule has 5 nitrogen and oxygen atoms in total. The summed E-state index contributed by atoms with van der Waals surface area (Å²) in [5.74, 6) is 0. The van der Waals surface area contributed by atoms with Gasteiger partial charge in [-0.25, -0.2) is 0 Å². The smallest absolute Gasteiger partial charge is 0.297 e. The third-order valence-electron chi connectivity index (χ3n) is 3.99. The zero-order chi connectivity index (χ0) is 19.5.